The van der Waals surface area contributed by atoms with Crippen molar-refractivity contribution in [2.75, 3.05) is 13.2 Å². The van der Waals surface area contributed by atoms with Gasteiger partial charge in [0.1, 0.15) is 6.61 Å². The number of rotatable bonds is 3. The van der Waals surface area contributed by atoms with E-state index in [1.807, 2.05) is 0 Å². The van der Waals surface area contributed by atoms with Crippen LogP contribution in [0.3, 0.4) is 0 Å². The minimum atomic E-state index is -0.444. The molecular formula is C16H12O5. The van der Waals surface area contributed by atoms with Crippen LogP contribution < -0.4 is 10.2 Å². The molecule has 21 heavy (non-hydrogen) atoms. The standard InChI is InChI=1S/C16H12O5/c17-5-6-21-13-8-9(18)7-12-14(16(13)20)10-3-1-2-4-11(10)15(12)19/h1-4,7-8,17,20H,5-6H2. The second-order valence-corrected chi connectivity index (χ2v) is 4.64. The lowest BCUT2D eigenvalue weighted by Crippen LogP contribution is -2.03. The Kier molecular flexibility index (Phi) is 3.19. The van der Waals surface area contributed by atoms with Crippen LogP contribution in [0.25, 0.3) is 11.1 Å². The Hall–Kier alpha value is -2.66. The number of ether oxygens (including phenoxy) is 1. The summed E-state index contributed by atoms with van der Waals surface area (Å²) in [6.07, 6.45) is 0. The number of carbonyl (C=O) groups excluding carboxylic acids is 1. The predicted octanol–water partition coefficient (Wildman–Crippen LogP) is 1.33. The molecule has 0 radical (unpaired) electrons. The van der Waals surface area contributed by atoms with Gasteiger partial charge in [0.2, 0.25) is 0 Å². The molecule has 0 fully saturated rings. The Morgan fingerprint density at radius 1 is 1.00 bits per heavy atom. The first-order valence-corrected chi connectivity index (χ1v) is 6.42. The molecule has 0 bridgehead atoms. The second-order valence-electron chi connectivity index (χ2n) is 4.64. The van der Waals surface area contributed by atoms with E-state index in [9.17, 15) is 14.7 Å². The number of aromatic hydroxyl groups is 1. The molecule has 0 unspecified atom stereocenters. The van der Waals surface area contributed by atoms with Crippen LogP contribution in [0.1, 0.15) is 15.9 Å². The summed E-state index contributed by atoms with van der Waals surface area (Å²) in [5.41, 5.74) is 1.03. The maximum absolute atomic E-state index is 12.3. The molecule has 2 N–H and O–H groups in total. The van der Waals surface area contributed by atoms with E-state index >= 15 is 0 Å². The van der Waals surface area contributed by atoms with Gasteiger partial charge in [0.25, 0.3) is 0 Å². The van der Waals surface area contributed by atoms with Gasteiger partial charge in [-0.05, 0) is 11.6 Å². The third kappa shape index (κ3) is 2.08. The smallest absolute Gasteiger partial charge is 0.194 e. The number of carbonyl (C=O) groups is 1. The summed E-state index contributed by atoms with van der Waals surface area (Å²) in [6, 6.07) is 9.14. The lowest BCUT2D eigenvalue weighted by atomic mass is 10.1. The SMILES string of the molecule is O=C1c2ccccc2-c2c1cc(=O)cc(OCCO)c2O. The Bertz CT molecular complexity index is 795. The highest BCUT2D eigenvalue weighted by molar-refractivity contribution is 6.22. The van der Waals surface area contributed by atoms with Crippen molar-refractivity contribution in [1.82, 2.24) is 0 Å². The maximum Gasteiger partial charge on any atom is 0.194 e. The van der Waals surface area contributed by atoms with Crippen molar-refractivity contribution in [3.63, 3.8) is 0 Å². The van der Waals surface area contributed by atoms with Crippen molar-refractivity contribution in [3.05, 3.63) is 57.7 Å². The molecule has 1 aliphatic rings. The zero-order valence-electron chi connectivity index (χ0n) is 11.0. The normalized spacial score (nSPS) is 12.0. The Balaban J connectivity index is 2.32. The zero-order chi connectivity index (χ0) is 15.0. The summed E-state index contributed by atoms with van der Waals surface area (Å²) in [7, 11) is 0. The van der Waals surface area contributed by atoms with E-state index < -0.39 is 5.43 Å². The fourth-order valence-electron chi connectivity index (χ4n) is 2.47. The molecule has 0 saturated heterocycles. The molecule has 5 nitrogen and oxygen atoms in total. The minimum Gasteiger partial charge on any atom is -0.504 e. The third-order valence-corrected chi connectivity index (χ3v) is 3.33. The minimum absolute atomic E-state index is 0.0418. The van der Waals surface area contributed by atoms with Crippen molar-refractivity contribution in [1.29, 1.82) is 0 Å². The molecule has 2 aromatic carbocycles. The average molecular weight is 284 g/mol. The number of ketones is 1. The van der Waals surface area contributed by atoms with E-state index in [1.54, 1.807) is 24.3 Å². The van der Waals surface area contributed by atoms with Gasteiger partial charge in [-0.1, -0.05) is 24.3 Å². The predicted molar refractivity (Wildman–Crippen MR) is 75.8 cm³/mol. The number of aliphatic hydroxyl groups is 1. The zero-order valence-corrected chi connectivity index (χ0v) is 11.0. The highest BCUT2D eigenvalue weighted by Gasteiger charge is 2.30. The molecule has 0 atom stereocenters. The van der Waals surface area contributed by atoms with Gasteiger partial charge in [-0.15, -0.1) is 0 Å². The highest BCUT2D eigenvalue weighted by Crippen LogP contribution is 2.44. The maximum atomic E-state index is 12.3. The monoisotopic (exact) mass is 284 g/mol. The number of fused-ring (bicyclic) bond motifs is 3. The van der Waals surface area contributed by atoms with Crippen LogP contribution in [-0.2, 0) is 0 Å². The molecule has 0 aliphatic heterocycles. The van der Waals surface area contributed by atoms with E-state index in [2.05, 4.69) is 0 Å². The Morgan fingerprint density at radius 3 is 2.43 bits per heavy atom. The molecule has 0 spiro atoms. The lowest BCUT2D eigenvalue weighted by molar-refractivity contribution is 0.104. The van der Waals surface area contributed by atoms with E-state index in [0.717, 1.165) is 6.07 Å². The molecule has 5 heteroatoms. The Morgan fingerprint density at radius 2 is 1.71 bits per heavy atom. The lowest BCUT2D eigenvalue weighted by Gasteiger charge is -2.06. The first-order chi connectivity index (χ1) is 10.1. The van der Waals surface area contributed by atoms with Gasteiger partial charge in [0, 0.05) is 22.8 Å². The first-order valence-electron chi connectivity index (χ1n) is 6.42. The highest BCUT2D eigenvalue weighted by atomic mass is 16.5. The van der Waals surface area contributed by atoms with Crippen LogP contribution in [0, 0.1) is 0 Å². The second kappa shape index (κ2) is 5.03. The largest absolute Gasteiger partial charge is 0.504 e. The molecule has 0 aromatic heterocycles. The third-order valence-electron chi connectivity index (χ3n) is 3.33. The van der Waals surface area contributed by atoms with Gasteiger partial charge in [-0.2, -0.15) is 0 Å². The van der Waals surface area contributed by atoms with Gasteiger partial charge in [-0.3, -0.25) is 9.59 Å². The summed E-state index contributed by atoms with van der Waals surface area (Å²) in [6.45, 7) is -0.300. The topological polar surface area (TPSA) is 83.8 Å². The average Bonchev–Trinajstić information content (AvgIpc) is 2.68. The number of hydrogen-bond acceptors (Lipinski definition) is 5. The quantitative estimate of drug-likeness (QED) is 0.758. The van der Waals surface area contributed by atoms with Gasteiger partial charge < -0.3 is 14.9 Å². The molecule has 2 aromatic rings. The van der Waals surface area contributed by atoms with Gasteiger partial charge in [0.05, 0.1) is 6.61 Å². The van der Waals surface area contributed by atoms with Gasteiger partial charge >= 0.3 is 0 Å². The van der Waals surface area contributed by atoms with Crippen LogP contribution in [0.15, 0.2) is 41.2 Å². The fourth-order valence-corrected chi connectivity index (χ4v) is 2.47. The summed E-state index contributed by atoms with van der Waals surface area (Å²) in [5, 5.41) is 19.2. The van der Waals surface area contributed by atoms with Crippen LogP contribution in [0.4, 0.5) is 0 Å². The van der Waals surface area contributed by atoms with E-state index in [0.29, 0.717) is 16.7 Å². The molecule has 3 rings (SSSR count). The molecule has 0 heterocycles. The fraction of sp³-hybridized carbons (Fsp3) is 0.125. The van der Waals surface area contributed by atoms with Crippen molar-refractivity contribution in [3.8, 4) is 22.6 Å². The van der Waals surface area contributed by atoms with Crippen molar-refractivity contribution in [2.24, 2.45) is 0 Å². The molecule has 106 valence electrons. The van der Waals surface area contributed by atoms with Crippen molar-refractivity contribution in [2.45, 2.75) is 0 Å². The van der Waals surface area contributed by atoms with E-state index in [-0.39, 0.29) is 36.1 Å². The molecule has 0 saturated carbocycles. The summed E-state index contributed by atoms with van der Waals surface area (Å²) < 4.78 is 5.19. The van der Waals surface area contributed by atoms with Gasteiger partial charge in [0.15, 0.2) is 22.7 Å². The number of benzene rings is 1. The first kappa shape index (κ1) is 13.3. The van der Waals surface area contributed by atoms with E-state index in [1.165, 1.54) is 6.07 Å². The van der Waals surface area contributed by atoms with Crippen LogP contribution in [0.2, 0.25) is 0 Å². The van der Waals surface area contributed by atoms with Crippen molar-refractivity contribution >= 4 is 5.78 Å². The summed E-state index contributed by atoms with van der Waals surface area (Å²) >= 11 is 0. The van der Waals surface area contributed by atoms with Crippen LogP contribution in [-0.4, -0.2) is 29.2 Å². The molecule has 1 aliphatic carbocycles. The summed E-state index contributed by atoms with van der Waals surface area (Å²) in [4.78, 5) is 24.2. The molecule has 0 amide bonds. The van der Waals surface area contributed by atoms with E-state index in [4.69, 9.17) is 9.84 Å². The summed E-state index contributed by atoms with van der Waals surface area (Å²) in [5.74, 6) is -0.601. The molecular weight excluding hydrogens is 272 g/mol. The van der Waals surface area contributed by atoms with Crippen molar-refractivity contribution < 1.29 is 19.7 Å². The van der Waals surface area contributed by atoms with Crippen LogP contribution >= 0.6 is 0 Å². The number of aliphatic hydroxyl groups excluding tert-OH is 1. The Labute approximate surface area is 120 Å². The number of hydrogen-bond donors (Lipinski definition) is 2. The van der Waals surface area contributed by atoms with Gasteiger partial charge in [-0.25, -0.2) is 0 Å². The van der Waals surface area contributed by atoms with Crippen LogP contribution in [0.5, 0.6) is 11.5 Å².